The fourth-order valence-corrected chi connectivity index (χ4v) is 2.45. The van der Waals surface area contributed by atoms with Crippen LogP contribution in [0.5, 0.6) is 0 Å². The lowest BCUT2D eigenvalue weighted by Crippen LogP contribution is -2.46. The predicted molar refractivity (Wildman–Crippen MR) is 93.8 cm³/mol. The molecule has 2 atom stereocenters. The zero-order valence-electron chi connectivity index (χ0n) is 15.3. The molecule has 9 nitrogen and oxygen atoms in total. The average molecular weight is 375 g/mol. The Hall–Kier alpha value is -3.23. The Labute approximate surface area is 156 Å². The minimum Gasteiger partial charge on any atom is -0.454 e. The molecular weight excluding hydrogens is 354 g/mol. The fourth-order valence-electron chi connectivity index (χ4n) is 2.45. The van der Waals surface area contributed by atoms with E-state index in [1.54, 1.807) is 19.1 Å². The average Bonchev–Trinajstić information content (AvgIpc) is 2.90. The van der Waals surface area contributed by atoms with Gasteiger partial charge in [-0.1, -0.05) is 19.1 Å². The fraction of sp³-hybridized carbons (Fsp3) is 0.389. The van der Waals surface area contributed by atoms with Gasteiger partial charge in [0.25, 0.3) is 17.7 Å². The first-order valence-corrected chi connectivity index (χ1v) is 8.50. The van der Waals surface area contributed by atoms with Crippen molar-refractivity contribution in [1.29, 1.82) is 0 Å². The van der Waals surface area contributed by atoms with Crippen molar-refractivity contribution in [1.82, 2.24) is 15.5 Å². The highest BCUT2D eigenvalue weighted by Gasteiger charge is 2.41. The summed E-state index contributed by atoms with van der Waals surface area (Å²) in [4.78, 5) is 60.8. The molecule has 1 aromatic carbocycles. The summed E-state index contributed by atoms with van der Waals surface area (Å²) in [6.45, 7) is 4.26. The van der Waals surface area contributed by atoms with Crippen molar-refractivity contribution in [2.75, 3.05) is 6.61 Å². The largest absolute Gasteiger partial charge is 0.454 e. The maximum Gasteiger partial charge on any atom is 0.329 e. The molecule has 0 saturated heterocycles. The molecule has 5 amide bonds. The van der Waals surface area contributed by atoms with Crippen LogP contribution < -0.4 is 10.6 Å². The van der Waals surface area contributed by atoms with Crippen LogP contribution >= 0.6 is 0 Å². The summed E-state index contributed by atoms with van der Waals surface area (Å²) < 4.78 is 4.83. The van der Waals surface area contributed by atoms with Gasteiger partial charge in [-0.3, -0.25) is 24.6 Å². The highest BCUT2D eigenvalue weighted by molar-refractivity contribution is 6.22. The van der Waals surface area contributed by atoms with Crippen LogP contribution in [-0.4, -0.2) is 53.3 Å². The standard InChI is InChI=1S/C18H21N3O6/c1-4-10(2)19-18(26)20-14(22)9-27-17(25)11(3)21-15(23)12-7-5-6-8-13(12)16(21)24/h5-8,10-11H,4,9H2,1-3H3,(H2,19,20,22,26)/t10-,11-/m0/s1. The number of carbonyl (C=O) groups is 5. The van der Waals surface area contributed by atoms with Gasteiger partial charge in [0.2, 0.25) is 0 Å². The molecule has 0 bridgehead atoms. The predicted octanol–water partition coefficient (Wildman–Crippen LogP) is 0.839. The number of benzene rings is 1. The van der Waals surface area contributed by atoms with Crippen LogP contribution in [0.4, 0.5) is 4.79 Å². The third-order valence-electron chi connectivity index (χ3n) is 4.14. The number of hydrogen-bond acceptors (Lipinski definition) is 6. The molecule has 27 heavy (non-hydrogen) atoms. The number of rotatable bonds is 6. The van der Waals surface area contributed by atoms with Gasteiger partial charge >= 0.3 is 12.0 Å². The first-order valence-electron chi connectivity index (χ1n) is 8.50. The van der Waals surface area contributed by atoms with E-state index in [0.717, 1.165) is 4.90 Å². The molecule has 1 heterocycles. The third-order valence-corrected chi connectivity index (χ3v) is 4.14. The molecule has 0 radical (unpaired) electrons. The van der Waals surface area contributed by atoms with Gasteiger partial charge < -0.3 is 10.1 Å². The van der Waals surface area contributed by atoms with E-state index in [-0.39, 0.29) is 17.2 Å². The number of carbonyl (C=O) groups excluding carboxylic acids is 5. The SMILES string of the molecule is CC[C@H](C)NC(=O)NC(=O)COC(=O)[C@H](C)N1C(=O)c2ccccc2C1=O. The lowest BCUT2D eigenvalue weighted by atomic mass is 10.1. The number of ether oxygens (including phenoxy) is 1. The van der Waals surface area contributed by atoms with Gasteiger partial charge in [-0.2, -0.15) is 0 Å². The normalized spacial score (nSPS) is 15.0. The van der Waals surface area contributed by atoms with E-state index in [1.165, 1.54) is 19.1 Å². The quantitative estimate of drug-likeness (QED) is 0.561. The molecule has 0 unspecified atom stereocenters. The number of amides is 5. The number of fused-ring (bicyclic) bond motifs is 1. The second-order valence-electron chi connectivity index (χ2n) is 6.14. The van der Waals surface area contributed by atoms with Crippen LogP contribution in [0.1, 0.15) is 47.9 Å². The van der Waals surface area contributed by atoms with Gasteiger partial charge in [0.05, 0.1) is 11.1 Å². The zero-order chi connectivity index (χ0) is 20.1. The smallest absolute Gasteiger partial charge is 0.329 e. The Morgan fingerprint density at radius 1 is 1.07 bits per heavy atom. The van der Waals surface area contributed by atoms with Crippen molar-refractivity contribution in [3.63, 3.8) is 0 Å². The van der Waals surface area contributed by atoms with E-state index >= 15 is 0 Å². The van der Waals surface area contributed by atoms with E-state index in [4.69, 9.17) is 4.74 Å². The minimum absolute atomic E-state index is 0.116. The molecule has 0 spiro atoms. The number of hydrogen-bond donors (Lipinski definition) is 2. The van der Waals surface area contributed by atoms with E-state index in [9.17, 15) is 24.0 Å². The molecular formula is C18H21N3O6. The lowest BCUT2D eigenvalue weighted by Gasteiger charge is -2.20. The van der Waals surface area contributed by atoms with E-state index in [2.05, 4.69) is 5.32 Å². The summed E-state index contributed by atoms with van der Waals surface area (Å²) in [7, 11) is 0. The van der Waals surface area contributed by atoms with Crippen LogP contribution in [0.25, 0.3) is 0 Å². The molecule has 0 saturated carbocycles. The second-order valence-corrected chi connectivity index (χ2v) is 6.14. The van der Waals surface area contributed by atoms with Crippen molar-refractivity contribution in [2.24, 2.45) is 0 Å². The van der Waals surface area contributed by atoms with Gasteiger partial charge in [0.1, 0.15) is 6.04 Å². The Morgan fingerprint density at radius 3 is 2.15 bits per heavy atom. The Bertz CT molecular complexity index is 756. The molecule has 1 aliphatic rings. The van der Waals surface area contributed by atoms with Crippen LogP contribution in [0, 0.1) is 0 Å². The maximum absolute atomic E-state index is 12.3. The molecule has 1 aliphatic heterocycles. The second kappa shape index (κ2) is 8.43. The van der Waals surface area contributed by atoms with Gasteiger partial charge in [-0.25, -0.2) is 9.59 Å². The van der Waals surface area contributed by atoms with Crippen molar-refractivity contribution in [3.8, 4) is 0 Å². The van der Waals surface area contributed by atoms with Crippen molar-refractivity contribution in [2.45, 2.75) is 39.3 Å². The van der Waals surface area contributed by atoms with Gasteiger partial charge in [0, 0.05) is 6.04 Å². The van der Waals surface area contributed by atoms with Crippen LogP contribution in [0.3, 0.4) is 0 Å². The molecule has 1 aromatic rings. The van der Waals surface area contributed by atoms with Gasteiger partial charge in [-0.05, 0) is 32.4 Å². The number of nitrogens with one attached hydrogen (secondary N) is 2. The highest BCUT2D eigenvalue weighted by Crippen LogP contribution is 2.24. The van der Waals surface area contributed by atoms with Crippen molar-refractivity contribution in [3.05, 3.63) is 35.4 Å². The number of esters is 1. The number of imide groups is 2. The van der Waals surface area contributed by atoms with E-state index in [0.29, 0.717) is 6.42 Å². The van der Waals surface area contributed by atoms with Gasteiger partial charge in [0.15, 0.2) is 6.61 Å². The molecule has 2 rings (SSSR count). The first kappa shape index (κ1) is 20.1. The summed E-state index contributed by atoms with van der Waals surface area (Å²) in [5.74, 6) is -2.95. The molecule has 0 fully saturated rings. The van der Waals surface area contributed by atoms with Crippen molar-refractivity contribution < 1.29 is 28.7 Å². The van der Waals surface area contributed by atoms with E-state index in [1.807, 2.05) is 12.2 Å². The highest BCUT2D eigenvalue weighted by atomic mass is 16.5. The van der Waals surface area contributed by atoms with E-state index < -0.39 is 42.4 Å². The summed E-state index contributed by atoms with van der Waals surface area (Å²) in [5.41, 5.74) is 0.420. The molecule has 2 N–H and O–H groups in total. The minimum atomic E-state index is -1.21. The lowest BCUT2D eigenvalue weighted by molar-refractivity contribution is -0.151. The molecule has 144 valence electrons. The molecule has 0 aliphatic carbocycles. The van der Waals surface area contributed by atoms with Crippen LogP contribution in [0.15, 0.2) is 24.3 Å². The Balaban J connectivity index is 1.90. The van der Waals surface area contributed by atoms with Crippen LogP contribution in [-0.2, 0) is 14.3 Å². The van der Waals surface area contributed by atoms with Crippen molar-refractivity contribution >= 4 is 29.7 Å². The number of urea groups is 1. The summed E-state index contributed by atoms with van der Waals surface area (Å²) >= 11 is 0. The Morgan fingerprint density at radius 2 is 1.63 bits per heavy atom. The maximum atomic E-state index is 12.3. The Kier molecular flexibility index (Phi) is 6.27. The summed E-state index contributed by atoms with van der Waals surface area (Å²) in [5, 5.41) is 4.56. The zero-order valence-corrected chi connectivity index (χ0v) is 15.3. The molecule has 0 aromatic heterocycles. The molecule has 9 heteroatoms. The summed E-state index contributed by atoms with van der Waals surface area (Å²) in [6.07, 6.45) is 0.689. The first-order chi connectivity index (χ1) is 12.8. The topological polar surface area (TPSA) is 122 Å². The van der Waals surface area contributed by atoms with Gasteiger partial charge in [-0.15, -0.1) is 0 Å². The van der Waals surface area contributed by atoms with Crippen LogP contribution in [0.2, 0.25) is 0 Å². The number of nitrogens with zero attached hydrogens (tertiary/aromatic N) is 1. The summed E-state index contributed by atoms with van der Waals surface area (Å²) in [6, 6.07) is 4.21. The third kappa shape index (κ3) is 4.49. The monoisotopic (exact) mass is 375 g/mol.